The second-order valence-electron chi connectivity index (χ2n) is 3.10. The molecule has 0 amide bonds. The third-order valence-electron chi connectivity index (χ3n) is 1.93. The Morgan fingerprint density at radius 2 is 2.07 bits per heavy atom. The molecule has 0 aromatic carbocycles. The summed E-state index contributed by atoms with van der Waals surface area (Å²) in [6.45, 7) is 6.93. The van der Waals surface area contributed by atoms with E-state index in [1.165, 1.54) is 5.56 Å². The number of hydrogen-bond acceptors (Lipinski definition) is 4. The molecular formula is C11H19NO2S. The molecule has 0 spiro atoms. The Morgan fingerprint density at radius 1 is 1.33 bits per heavy atom. The zero-order valence-electron chi connectivity index (χ0n) is 9.36. The normalized spacial score (nSPS) is 11.1. The maximum absolute atomic E-state index is 5.42. The Hall–Kier alpha value is -0.420. The van der Waals surface area contributed by atoms with Gasteiger partial charge in [0.25, 0.3) is 0 Å². The van der Waals surface area contributed by atoms with Crippen LogP contribution in [0.1, 0.15) is 19.4 Å². The van der Waals surface area contributed by atoms with Crippen molar-refractivity contribution in [1.82, 2.24) is 5.32 Å². The number of rotatable bonds is 8. The summed E-state index contributed by atoms with van der Waals surface area (Å²) in [4.78, 5) is 0. The SMILES string of the molecule is CCOC(CNCc1ccsc1)OCC. The summed E-state index contributed by atoms with van der Waals surface area (Å²) >= 11 is 1.72. The van der Waals surface area contributed by atoms with Gasteiger partial charge in [-0.15, -0.1) is 0 Å². The van der Waals surface area contributed by atoms with Crippen molar-refractivity contribution in [3.63, 3.8) is 0 Å². The van der Waals surface area contributed by atoms with E-state index in [2.05, 4.69) is 22.1 Å². The first-order valence-corrected chi connectivity index (χ1v) is 6.26. The number of ether oxygens (including phenoxy) is 2. The predicted octanol–water partition coefficient (Wildman–Crippen LogP) is 2.24. The molecule has 4 heteroatoms. The van der Waals surface area contributed by atoms with Crippen molar-refractivity contribution in [1.29, 1.82) is 0 Å². The van der Waals surface area contributed by atoms with Gasteiger partial charge in [0, 0.05) is 26.3 Å². The summed E-state index contributed by atoms with van der Waals surface area (Å²) in [7, 11) is 0. The molecule has 0 saturated carbocycles. The van der Waals surface area contributed by atoms with Crippen LogP contribution in [-0.4, -0.2) is 26.0 Å². The standard InChI is InChI=1S/C11H19NO2S/c1-3-13-11(14-4-2)8-12-7-10-5-6-15-9-10/h5-6,9,11-12H,3-4,7-8H2,1-2H3. The average Bonchev–Trinajstić information content (AvgIpc) is 2.71. The van der Waals surface area contributed by atoms with Crippen LogP contribution in [0.25, 0.3) is 0 Å². The topological polar surface area (TPSA) is 30.5 Å². The van der Waals surface area contributed by atoms with Crippen LogP contribution in [0, 0.1) is 0 Å². The van der Waals surface area contributed by atoms with Gasteiger partial charge in [-0.25, -0.2) is 0 Å². The van der Waals surface area contributed by atoms with E-state index in [1.807, 2.05) is 13.8 Å². The lowest BCUT2D eigenvalue weighted by Gasteiger charge is -2.17. The average molecular weight is 229 g/mol. The van der Waals surface area contributed by atoms with E-state index < -0.39 is 0 Å². The van der Waals surface area contributed by atoms with Gasteiger partial charge in [0.2, 0.25) is 0 Å². The molecule has 15 heavy (non-hydrogen) atoms. The molecule has 1 heterocycles. The van der Waals surface area contributed by atoms with Crippen LogP contribution < -0.4 is 5.32 Å². The van der Waals surface area contributed by atoms with Crippen molar-refractivity contribution in [3.8, 4) is 0 Å². The molecule has 0 atom stereocenters. The van der Waals surface area contributed by atoms with Gasteiger partial charge < -0.3 is 14.8 Å². The minimum atomic E-state index is -0.126. The monoisotopic (exact) mass is 229 g/mol. The molecule has 0 bridgehead atoms. The predicted molar refractivity (Wildman–Crippen MR) is 63.1 cm³/mol. The van der Waals surface area contributed by atoms with Crippen LogP contribution >= 0.6 is 11.3 Å². The third kappa shape index (κ3) is 5.28. The highest BCUT2D eigenvalue weighted by molar-refractivity contribution is 7.07. The highest BCUT2D eigenvalue weighted by atomic mass is 32.1. The summed E-state index contributed by atoms with van der Waals surface area (Å²) in [6.07, 6.45) is -0.126. The van der Waals surface area contributed by atoms with E-state index in [1.54, 1.807) is 11.3 Å². The Kier molecular flexibility index (Phi) is 6.59. The van der Waals surface area contributed by atoms with Gasteiger partial charge in [-0.2, -0.15) is 11.3 Å². The van der Waals surface area contributed by atoms with Gasteiger partial charge in [0.05, 0.1) is 0 Å². The van der Waals surface area contributed by atoms with Crippen molar-refractivity contribution < 1.29 is 9.47 Å². The van der Waals surface area contributed by atoms with Crippen LogP contribution in [0.4, 0.5) is 0 Å². The lowest BCUT2D eigenvalue weighted by atomic mass is 10.3. The summed E-state index contributed by atoms with van der Waals surface area (Å²) in [5, 5.41) is 7.54. The number of nitrogens with one attached hydrogen (secondary N) is 1. The maximum atomic E-state index is 5.42. The fraction of sp³-hybridized carbons (Fsp3) is 0.636. The van der Waals surface area contributed by atoms with Crippen molar-refractivity contribution in [2.24, 2.45) is 0 Å². The van der Waals surface area contributed by atoms with Crippen molar-refractivity contribution >= 4 is 11.3 Å². The van der Waals surface area contributed by atoms with Crippen LogP contribution in [0.3, 0.4) is 0 Å². The van der Waals surface area contributed by atoms with Crippen LogP contribution in [0.15, 0.2) is 16.8 Å². The highest BCUT2D eigenvalue weighted by Crippen LogP contribution is 2.05. The fourth-order valence-electron chi connectivity index (χ4n) is 1.27. The lowest BCUT2D eigenvalue weighted by Crippen LogP contribution is -2.31. The van der Waals surface area contributed by atoms with Crippen molar-refractivity contribution in [3.05, 3.63) is 22.4 Å². The lowest BCUT2D eigenvalue weighted by molar-refractivity contribution is -0.133. The molecule has 1 rings (SSSR count). The first-order chi connectivity index (χ1) is 7.36. The molecule has 1 aromatic rings. The van der Waals surface area contributed by atoms with Gasteiger partial charge in [0.15, 0.2) is 6.29 Å². The minimum Gasteiger partial charge on any atom is -0.352 e. The van der Waals surface area contributed by atoms with Gasteiger partial charge in [0.1, 0.15) is 0 Å². The molecule has 1 aromatic heterocycles. The molecule has 0 radical (unpaired) electrons. The second kappa shape index (κ2) is 7.82. The molecular weight excluding hydrogens is 210 g/mol. The largest absolute Gasteiger partial charge is 0.352 e. The van der Waals surface area contributed by atoms with Gasteiger partial charge in [-0.05, 0) is 36.2 Å². The second-order valence-corrected chi connectivity index (χ2v) is 3.88. The minimum absolute atomic E-state index is 0.126. The molecule has 0 aliphatic heterocycles. The van der Waals surface area contributed by atoms with Crippen LogP contribution in [0.5, 0.6) is 0 Å². The molecule has 0 aliphatic carbocycles. The Labute approximate surface area is 95.4 Å². The van der Waals surface area contributed by atoms with Crippen LogP contribution in [0.2, 0.25) is 0 Å². The third-order valence-corrected chi connectivity index (χ3v) is 2.66. The zero-order valence-corrected chi connectivity index (χ0v) is 10.2. The number of hydrogen-bond donors (Lipinski definition) is 1. The van der Waals surface area contributed by atoms with E-state index in [9.17, 15) is 0 Å². The summed E-state index contributed by atoms with van der Waals surface area (Å²) in [5.41, 5.74) is 1.31. The van der Waals surface area contributed by atoms with Gasteiger partial charge >= 0.3 is 0 Å². The van der Waals surface area contributed by atoms with Gasteiger partial charge in [-0.3, -0.25) is 0 Å². The van der Waals surface area contributed by atoms with Crippen LogP contribution in [-0.2, 0) is 16.0 Å². The molecule has 3 nitrogen and oxygen atoms in total. The smallest absolute Gasteiger partial charge is 0.169 e. The number of thiophene rings is 1. The molecule has 0 unspecified atom stereocenters. The molecule has 1 N–H and O–H groups in total. The van der Waals surface area contributed by atoms with Crippen molar-refractivity contribution in [2.45, 2.75) is 26.7 Å². The van der Waals surface area contributed by atoms with E-state index in [-0.39, 0.29) is 6.29 Å². The summed E-state index contributed by atoms with van der Waals surface area (Å²) < 4.78 is 10.8. The van der Waals surface area contributed by atoms with Gasteiger partial charge in [-0.1, -0.05) is 0 Å². The van der Waals surface area contributed by atoms with E-state index in [0.29, 0.717) is 13.2 Å². The molecule has 0 fully saturated rings. The fourth-order valence-corrected chi connectivity index (χ4v) is 1.93. The van der Waals surface area contributed by atoms with Crippen molar-refractivity contribution in [2.75, 3.05) is 19.8 Å². The zero-order chi connectivity index (χ0) is 10.9. The molecule has 0 saturated heterocycles. The first-order valence-electron chi connectivity index (χ1n) is 5.31. The summed E-state index contributed by atoms with van der Waals surface area (Å²) in [5.74, 6) is 0. The Balaban J connectivity index is 2.15. The Bertz CT molecular complexity index is 233. The molecule has 86 valence electrons. The highest BCUT2D eigenvalue weighted by Gasteiger charge is 2.06. The van der Waals surface area contributed by atoms with E-state index in [4.69, 9.17) is 9.47 Å². The maximum Gasteiger partial charge on any atom is 0.169 e. The van der Waals surface area contributed by atoms with E-state index >= 15 is 0 Å². The summed E-state index contributed by atoms with van der Waals surface area (Å²) in [6, 6.07) is 2.12. The van der Waals surface area contributed by atoms with E-state index in [0.717, 1.165) is 13.1 Å². The quantitative estimate of drug-likeness (QED) is 0.693. The molecule has 0 aliphatic rings. The Morgan fingerprint density at radius 3 is 2.60 bits per heavy atom. The first kappa shape index (κ1) is 12.6.